The van der Waals surface area contributed by atoms with Gasteiger partial charge in [-0.2, -0.15) is 4.72 Å². The molecule has 1 heterocycles. The molecule has 1 unspecified atom stereocenters. The molecule has 1 N–H and O–H groups in total. The molecule has 1 fully saturated rings. The average Bonchev–Trinajstić information content (AvgIpc) is 2.12. The molecule has 1 radical (unpaired) electrons. The van der Waals surface area contributed by atoms with Gasteiger partial charge in [-0.3, -0.25) is 0 Å². The van der Waals surface area contributed by atoms with Gasteiger partial charge in [-0.15, -0.1) is 0 Å². The first-order valence-electron chi connectivity index (χ1n) is 3.22. The number of rotatable bonds is 2. The molecule has 1 saturated heterocycles. The van der Waals surface area contributed by atoms with E-state index < -0.39 is 10.0 Å². The summed E-state index contributed by atoms with van der Waals surface area (Å²) in [4.78, 5) is 0. The first kappa shape index (κ1) is 7.97. The van der Waals surface area contributed by atoms with Crippen LogP contribution >= 0.6 is 0 Å². The lowest BCUT2D eigenvalue weighted by atomic mass is 10.3. The van der Waals surface area contributed by atoms with Crippen LogP contribution in [0, 0.1) is 0 Å². The van der Waals surface area contributed by atoms with Crippen molar-refractivity contribution in [3.8, 4) is 0 Å². The molecule has 10 heavy (non-hydrogen) atoms. The average molecular weight is 163 g/mol. The number of hydrogen-bond acceptors (Lipinski definition) is 2. The highest BCUT2D eigenvalue weighted by molar-refractivity contribution is 7.88. The van der Waals surface area contributed by atoms with E-state index in [9.17, 15) is 8.42 Å². The summed E-state index contributed by atoms with van der Waals surface area (Å²) < 4.78 is 23.7. The minimum Gasteiger partial charge on any atom is -0.222 e. The third-order valence-corrected chi connectivity index (χ3v) is 2.04. The molecule has 1 aliphatic heterocycles. The van der Waals surface area contributed by atoms with Gasteiger partial charge in [-0.25, -0.2) is 13.7 Å². The van der Waals surface area contributed by atoms with Gasteiger partial charge in [0, 0.05) is 6.54 Å². The molecular weight excluding hydrogens is 152 g/mol. The molecule has 1 rings (SSSR count). The van der Waals surface area contributed by atoms with E-state index in [0.29, 0.717) is 0 Å². The topological polar surface area (TPSA) is 60.3 Å². The van der Waals surface area contributed by atoms with Gasteiger partial charge in [-0.1, -0.05) is 0 Å². The van der Waals surface area contributed by atoms with Crippen LogP contribution in [-0.2, 0) is 10.0 Å². The van der Waals surface area contributed by atoms with Gasteiger partial charge in [0.2, 0.25) is 10.0 Å². The monoisotopic (exact) mass is 163 g/mol. The minimum absolute atomic E-state index is 0.157. The lowest BCUT2D eigenvalue weighted by Crippen LogP contribution is -2.36. The Balaban J connectivity index is 2.38. The summed E-state index contributed by atoms with van der Waals surface area (Å²) in [5, 5.41) is 4.03. The molecule has 59 valence electrons. The molecule has 1 aliphatic rings. The van der Waals surface area contributed by atoms with E-state index in [1.54, 1.807) is 0 Å². The van der Waals surface area contributed by atoms with E-state index in [1.807, 2.05) is 0 Å². The predicted molar refractivity (Wildman–Crippen MR) is 38.0 cm³/mol. The minimum atomic E-state index is -3.05. The van der Waals surface area contributed by atoms with Crippen LogP contribution in [0.5, 0.6) is 0 Å². The van der Waals surface area contributed by atoms with Gasteiger partial charge in [0.15, 0.2) is 0 Å². The van der Waals surface area contributed by atoms with Crippen LogP contribution in [0.25, 0.3) is 0 Å². The van der Waals surface area contributed by atoms with Gasteiger partial charge < -0.3 is 0 Å². The van der Waals surface area contributed by atoms with Crippen molar-refractivity contribution in [1.29, 1.82) is 0 Å². The molecule has 0 aromatic heterocycles. The maximum Gasteiger partial charge on any atom is 0.210 e. The summed E-state index contributed by atoms with van der Waals surface area (Å²) >= 11 is 0. The zero-order valence-electron chi connectivity index (χ0n) is 5.87. The van der Waals surface area contributed by atoms with Crippen molar-refractivity contribution >= 4 is 10.0 Å². The second-order valence-electron chi connectivity index (χ2n) is 2.45. The molecule has 0 aromatic rings. The highest BCUT2D eigenvalue weighted by Crippen LogP contribution is 2.03. The molecule has 4 nitrogen and oxygen atoms in total. The SMILES string of the molecule is CS(=O)(=O)NC1CCC[N]1. The number of nitrogens with zero attached hydrogens (tertiary/aromatic N) is 1. The van der Waals surface area contributed by atoms with Gasteiger partial charge >= 0.3 is 0 Å². The molecule has 5 heteroatoms. The zero-order chi connectivity index (χ0) is 7.61. The summed E-state index contributed by atoms with van der Waals surface area (Å²) in [6.45, 7) is 0.785. The first-order valence-corrected chi connectivity index (χ1v) is 5.11. The van der Waals surface area contributed by atoms with Crippen LogP contribution in [0.2, 0.25) is 0 Å². The van der Waals surface area contributed by atoms with E-state index in [2.05, 4.69) is 10.0 Å². The van der Waals surface area contributed by atoms with Crippen LogP contribution in [0.3, 0.4) is 0 Å². The van der Waals surface area contributed by atoms with Crippen molar-refractivity contribution in [3.05, 3.63) is 0 Å². The standard InChI is InChI=1S/C5H11N2O2S/c1-10(8,9)7-5-3-2-4-6-5/h5,7H,2-4H2,1H3. The lowest BCUT2D eigenvalue weighted by molar-refractivity contribution is 0.530. The normalized spacial score (nSPS) is 27.1. The summed E-state index contributed by atoms with van der Waals surface area (Å²) in [6, 6.07) is 0. The number of hydrogen-bond donors (Lipinski definition) is 1. The third-order valence-electron chi connectivity index (χ3n) is 1.34. The molecule has 0 aliphatic carbocycles. The second kappa shape index (κ2) is 2.86. The zero-order valence-corrected chi connectivity index (χ0v) is 6.69. The largest absolute Gasteiger partial charge is 0.222 e. The Hall–Kier alpha value is -0.130. The molecule has 1 atom stereocenters. The quantitative estimate of drug-likeness (QED) is 0.583. The Morgan fingerprint density at radius 3 is 2.70 bits per heavy atom. The van der Waals surface area contributed by atoms with E-state index in [-0.39, 0.29) is 6.17 Å². The Morgan fingerprint density at radius 1 is 1.60 bits per heavy atom. The Kier molecular flexibility index (Phi) is 2.28. The maximum absolute atomic E-state index is 10.6. The fourth-order valence-corrected chi connectivity index (χ4v) is 1.65. The van der Waals surface area contributed by atoms with Crippen molar-refractivity contribution in [2.24, 2.45) is 0 Å². The van der Waals surface area contributed by atoms with Crippen molar-refractivity contribution < 1.29 is 8.42 Å². The molecular formula is C5H11N2O2S. The molecule has 0 amide bonds. The van der Waals surface area contributed by atoms with Crippen LogP contribution in [0.4, 0.5) is 0 Å². The van der Waals surface area contributed by atoms with Crippen LogP contribution < -0.4 is 10.0 Å². The highest BCUT2D eigenvalue weighted by Gasteiger charge is 2.18. The van der Waals surface area contributed by atoms with Crippen molar-refractivity contribution in [2.75, 3.05) is 12.8 Å². The predicted octanol–water partition coefficient (Wildman–Crippen LogP) is -0.740. The summed E-state index contributed by atoms with van der Waals surface area (Å²) in [7, 11) is -3.05. The summed E-state index contributed by atoms with van der Waals surface area (Å²) in [5.74, 6) is 0. The van der Waals surface area contributed by atoms with Crippen molar-refractivity contribution in [1.82, 2.24) is 10.0 Å². The number of nitrogens with one attached hydrogen (secondary N) is 1. The fraction of sp³-hybridized carbons (Fsp3) is 1.00. The van der Waals surface area contributed by atoms with Crippen LogP contribution in [0.1, 0.15) is 12.8 Å². The Morgan fingerprint density at radius 2 is 2.30 bits per heavy atom. The van der Waals surface area contributed by atoms with Gasteiger partial charge in [0.1, 0.15) is 0 Å². The fourth-order valence-electron chi connectivity index (χ4n) is 0.966. The molecule has 0 bridgehead atoms. The van der Waals surface area contributed by atoms with Gasteiger partial charge in [0.25, 0.3) is 0 Å². The van der Waals surface area contributed by atoms with E-state index in [0.717, 1.165) is 25.6 Å². The Bertz CT molecular complexity index is 194. The van der Waals surface area contributed by atoms with Gasteiger partial charge in [-0.05, 0) is 12.8 Å². The van der Waals surface area contributed by atoms with Gasteiger partial charge in [0.05, 0.1) is 12.4 Å². The van der Waals surface area contributed by atoms with Crippen LogP contribution in [0.15, 0.2) is 0 Å². The van der Waals surface area contributed by atoms with E-state index in [1.165, 1.54) is 0 Å². The summed E-state index contributed by atoms with van der Waals surface area (Å²) in [6.07, 6.45) is 2.83. The smallest absolute Gasteiger partial charge is 0.210 e. The van der Waals surface area contributed by atoms with Crippen LogP contribution in [-0.4, -0.2) is 27.4 Å². The van der Waals surface area contributed by atoms with E-state index in [4.69, 9.17) is 0 Å². The Labute approximate surface area is 61.1 Å². The lowest BCUT2D eigenvalue weighted by Gasteiger charge is -2.07. The van der Waals surface area contributed by atoms with Crippen molar-refractivity contribution in [2.45, 2.75) is 19.0 Å². The molecule has 0 aromatic carbocycles. The molecule has 0 spiro atoms. The summed E-state index contributed by atoms with van der Waals surface area (Å²) in [5.41, 5.74) is 0. The molecule has 0 saturated carbocycles. The highest BCUT2D eigenvalue weighted by atomic mass is 32.2. The van der Waals surface area contributed by atoms with Crippen molar-refractivity contribution in [3.63, 3.8) is 0 Å². The number of sulfonamides is 1. The second-order valence-corrected chi connectivity index (χ2v) is 4.23. The third kappa shape index (κ3) is 2.64. The first-order chi connectivity index (χ1) is 4.58. The maximum atomic E-state index is 10.6. The van der Waals surface area contributed by atoms with E-state index >= 15 is 0 Å².